The van der Waals surface area contributed by atoms with Crippen LogP contribution in [0.25, 0.3) is 0 Å². The number of ether oxygens (including phenoxy) is 2. The molecular formula is C15H18O7. The van der Waals surface area contributed by atoms with Crippen molar-refractivity contribution in [1.82, 2.24) is 0 Å². The quantitative estimate of drug-likeness (QED) is 0.390. The maximum absolute atomic E-state index is 12.2. The maximum Gasteiger partial charge on any atom is 0.342 e. The predicted molar refractivity (Wildman–Crippen MR) is 70.3 cm³/mol. The van der Waals surface area contributed by atoms with E-state index in [9.17, 15) is 24.9 Å². The minimum Gasteiger partial charge on any atom is -0.463 e. The highest BCUT2D eigenvalue weighted by Gasteiger charge is 2.84. The summed E-state index contributed by atoms with van der Waals surface area (Å²) in [6.45, 7) is 3.10. The highest BCUT2D eigenvalue weighted by molar-refractivity contribution is 5.88. The first-order chi connectivity index (χ1) is 10.1. The third-order valence-electron chi connectivity index (χ3n) is 6.62. The third-order valence-corrected chi connectivity index (χ3v) is 6.62. The van der Waals surface area contributed by atoms with Crippen molar-refractivity contribution in [3.8, 4) is 0 Å². The van der Waals surface area contributed by atoms with Gasteiger partial charge in [-0.15, -0.1) is 0 Å². The summed E-state index contributed by atoms with van der Waals surface area (Å²) in [6.07, 6.45) is -0.820. The van der Waals surface area contributed by atoms with Gasteiger partial charge in [0.2, 0.25) is 5.60 Å². The van der Waals surface area contributed by atoms with E-state index in [-0.39, 0.29) is 19.4 Å². The molecular weight excluding hydrogens is 292 g/mol. The van der Waals surface area contributed by atoms with Crippen LogP contribution in [-0.4, -0.2) is 57.3 Å². The van der Waals surface area contributed by atoms with E-state index in [4.69, 9.17) is 9.47 Å². The van der Waals surface area contributed by atoms with Crippen LogP contribution in [0, 0.1) is 10.8 Å². The van der Waals surface area contributed by atoms with Crippen LogP contribution in [0.5, 0.6) is 0 Å². The number of esters is 2. The molecule has 0 aromatic heterocycles. The lowest BCUT2D eigenvalue weighted by Crippen LogP contribution is -2.80. The van der Waals surface area contributed by atoms with Crippen LogP contribution < -0.4 is 0 Å². The van der Waals surface area contributed by atoms with E-state index in [1.54, 1.807) is 19.9 Å². The molecule has 3 N–H and O–H groups in total. The molecule has 1 saturated carbocycles. The maximum atomic E-state index is 12.2. The monoisotopic (exact) mass is 310 g/mol. The molecule has 2 bridgehead atoms. The molecule has 6 unspecified atom stereocenters. The fraction of sp³-hybridized carbons (Fsp3) is 0.733. The molecule has 2 saturated heterocycles. The van der Waals surface area contributed by atoms with Crippen molar-refractivity contribution in [2.24, 2.45) is 10.8 Å². The number of carbonyl (C=O) groups is 2. The molecule has 22 heavy (non-hydrogen) atoms. The van der Waals surface area contributed by atoms with Crippen molar-refractivity contribution in [2.45, 2.75) is 50.1 Å². The minimum absolute atomic E-state index is 0.0140. The molecule has 0 amide bonds. The Hall–Kier alpha value is -1.44. The first-order valence-corrected chi connectivity index (χ1v) is 7.33. The Labute approximate surface area is 126 Å². The lowest BCUT2D eigenvalue weighted by molar-refractivity contribution is -0.308. The van der Waals surface area contributed by atoms with E-state index in [0.717, 1.165) is 0 Å². The smallest absolute Gasteiger partial charge is 0.342 e. The Morgan fingerprint density at radius 1 is 1.32 bits per heavy atom. The summed E-state index contributed by atoms with van der Waals surface area (Å²) in [6, 6.07) is 0. The van der Waals surface area contributed by atoms with Crippen LogP contribution in [-0.2, 0) is 19.1 Å². The second kappa shape index (κ2) is 3.55. The molecule has 0 radical (unpaired) electrons. The summed E-state index contributed by atoms with van der Waals surface area (Å²) in [5, 5.41) is 33.0. The number of carbonyl (C=O) groups excluding carboxylic acids is 2. The van der Waals surface area contributed by atoms with Gasteiger partial charge in [0, 0.05) is 6.42 Å². The van der Waals surface area contributed by atoms with Gasteiger partial charge in [-0.3, -0.25) is 0 Å². The van der Waals surface area contributed by atoms with Crippen molar-refractivity contribution in [2.75, 3.05) is 6.61 Å². The molecule has 120 valence electrons. The largest absolute Gasteiger partial charge is 0.463 e. The molecule has 2 aliphatic carbocycles. The van der Waals surface area contributed by atoms with Crippen molar-refractivity contribution in [1.29, 1.82) is 0 Å². The Morgan fingerprint density at radius 2 is 2.00 bits per heavy atom. The zero-order valence-electron chi connectivity index (χ0n) is 12.3. The summed E-state index contributed by atoms with van der Waals surface area (Å²) in [5.41, 5.74) is -5.75. The standard InChI is InChI=1S/C15H18O7/c1-7-3-4-14(19)12(2)6-21-11(18)15(12,20)8-5-13(7,14)9(16)10(17)22-8/h3,8-9,16,19-20H,4-6H2,1-2H3. The van der Waals surface area contributed by atoms with Gasteiger partial charge in [-0.1, -0.05) is 11.6 Å². The molecule has 2 aliphatic heterocycles. The van der Waals surface area contributed by atoms with Crippen LogP contribution in [0.2, 0.25) is 0 Å². The van der Waals surface area contributed by atoms with Gasteiger partial charge in [-0.05, 0) is 20.3 Å². The van der Waals surface area contributed by atoms with Crippen LogP contribution in [0.1, 0.15) is 26.7 Å². The van der Waals surface area contributed by atoms with Crippen LogP contribution in [0.4, 0.5) is 0 Å². The Bertz CT molecular complexity index is 642. The number of aliphatic hydroxyl groups excluding tert-OH is 1. The van der Waals surface area contributed by atoms with Gasteiger partial charge < -0.3 is 24.8 Å². The van der Waals surface area contributed by atoms with Crippen molar-refractivity contribution >= 4 is 11.9 Å². The zero-order chi connectivity index (χ0) is 16.1. The summed E-state index contributed by atoms with van der Waals surface area (Å²) in [4.78, 5) is 24.3. The average Bonchev–Trinajstić information content (AvgIpc) is 2.87. The Balaban J connectivity index is 2.03. The van der Waals surface area contributed by atoms with E-state index in [1.807, 2.05) is 0 Å². The third kappa shape index (κ3) is 1.03. The summed E-state index contributed by atoms with van der Waals surface area (Å²) in [5.74, 6) is -1.82. The molecule has 6 atom stereocenters. The summed E-state index contributed by atoms with van der Waals surface area (Å²) < 4.78 is 10.2. The van der Waals surface area contributed by atoms with Gasteiger partial charge in [0.05, 0.1) is 16.4 Å². The Kier molecular flexibility index (Phi) is 2.29. The zero-order valence-corrected chi connectivity index (χ0v) is 12.3. The molecule has 0 aromatic carbocycles. The molecule has 4 rings (SSSR count). The SMILES string of the molecule is CC1=CCC2(O)C13CC(OC(=O)C3O)C1(O)C(=O)OCC12C. The second-order valence-corrected chi connectivity index (χ2v) is 7.13. The van der Waals surface area contributed by atoms with E-state index in [0.29, 0.717) is 5.57 Å². The van der Waals surface area contributed by atoms with Gasteiger partial charge >= 0.3 is 11.9 Å². The first-order valence-electron chi connectivity index (χ1n) is 7.33. The van der Waals surface area contributed by atoms with E-state index < -0.39 is 46.2 Å². The van der Waals surface area contributed by atoms with Gasteiger partial charge in [0.1, 0.15) is 12.7 Å². The first kappa shape index (κ1) is 14.2. The van der Waals surface area contributed by atoms with Crippen LogP contribution >= 0.6 is 0 Å². The number of hydrogen-bond acceptors (Lipinski definition) is 7. The molecule has 3 fully saturated rings. The van der Waals surface area contributed by atoms with Crippen molar-refractivity contribution in [3.05, 3.63) is 11.6 Å². The molecule has 0 aromatic rings. The summed E-state index contributed by atoms with van der Waals surface area (Å²) >= 11 is 0. The molecule has 4 aliphatic rings. The summed E-state index contributed by atoms with van der Waals surface area (Å²) in [7, 11) is 0. The van der Waals surface area contributed by atoms with Gasteiger partial charge in [0.15, 0.2) is 6.10 Å². The fourth-order valence-electron chi connectivity index (χ4n) is 5.14. The highest BCUT2D eigenvalue weighted by Crippen LogP contribution is 2.70. The topological polar surface area (TPSA) is 113 Å². The van der Waals surface area contributed by atoms with Crippen molar-refractivity contribution in [3.63, 3.8) is 0 Å². The predicted octanol–water partition coefficient (Wildman–Crippen LogP) is -0.962. The number of cyclic esters (lactones) is 1. The number of rotatable bonds is 0. The van der Waals surface area contributed by atoms with Crippen LogP contribution in [0.3, 0.4) is 0 Å². The number of fused-ring (bicyclic) bond motifs is 4. The number of hydrogen-bond donors (Lipinski definition) is 3. The number of aliphatic hydroxyl groups is 3. The van der Waals surface area contributed by atoms with E-state index in [2.05, 4.69) is 0 Å². The average molecular weight is 310 g/mol. The van der Waals surface area contributed by atoms with Crippen LogP contribution in [0.15, 0.2) is 11.6 Å². The van der Waals surface area contributed by atoms with Crippen molar-refractivity contribution < 1.29 is 34.4 Å². The fourth-order valence-corrected chi connectivity index (χ4v) is 5.14. The molecule has 1 spiro atoms. The second-order valence-electron chi connectivity index (χ2n) is 7.13. The van der Waals surface area contributed by atoms with Gasteiger partial charge in [-0.25, -0.2) is 9.59 Å². The van der Waals surface area contributed by atoms with Gasteiger partial charge in [-0.2, -0.15) is 0 Å². The van der Waals surface area contributed by atoms with Gasteiger partial charge in [0.25, 0.3) is 0 Å². The Morgan fingerprint density at radius 3 is 2.68 bits per heavy atom. The highest BCUT2D eigenvalue weighted by atomic mass is 16.6. The van der Waals surface area contributed by atoms with E-state index in [1.165, 1.54) is 0 Å². The van der Waals surface area contributed by atoms with E-state index >= 15 is 0 Å². The minimum atomic E-state index is -2.11. The molecule has 7 nitrogen and oxygen atoms in total. The molecule has 7 heteroatoms. The normalized spacial score (nSPS) is 56.0. The lowest BCUT2D eigenvalue weighted by atomic mass is 9.44. The lowest BCUT2D eigenvalue weighted by Gasteiger charge is -2.64. The molecule has 2 heterocycles.